The fourth-order valence-corrected chi connectivity index (χ4v) is 2.06. The molecule has 1 rings (SSSR count). The van der Waals surface area contributed by atoms with Crippen LogP contribution >= 0.6 is 11.6 Å². The van der Waals surface area contributed by atoms with Crippen molar-refractivity contribution in [2.24, 2.45) is 5.92 Å². The summed E-state index contributed by atoms with van der Waals surface area (Å²) in [6, 6.07) is 6.78. The molecule has 2 unspecified atom stereocenters. The highest BCUT2D eigenvalue weighted by atomic mass is 35.5. The Morgan fingerprint density at radius 2 is 2.11 bits per heavy atom. The van der Waals surface area contributed by atoms with Crippen LogP contribution in [0.3, 0.4) is 0 Å². The van der Waals surface area contributed by atoms with Crippen molar-refractivity contribution in [1.29, 1.82) is 0 Å². The van der Waals surface area contributed by atoms with Gasteiger partial charge in [0, 0.05) is 18.2 Å². The second-order valence-electron chi connectivity index (χ2n) is 4.73. The molecule has 0 radical (unpaired) electrons. The second-order valence-corrected chi connectivity index (χ2v) is 5.16. The number of ether oxygens (including phenoxy) is 2. The summed E-state index contributed by atoms with van der Waals surface area (Å²) in [7, 11) is 0. The minimum atomic E-state index is -0.335. The van der Waals surface area contributed by atoms with Crippen LogP contribution < -0.4 is 0 Å². The lowest BCUT2D eigenvalue weighted by atomic mass is 10.1. The number of rotatable bonds is 7. The van der Waals surface area contributed by atoms with Crippen LogP contribution in [0.2, 0.25) is 5.02 Å². The Kier molecular flexibility index (Phi) is 6.89. The standard InChI is InChI=1S/C15H21ClO3/c1-4-18-10-11(2)8-12(3)19-15(17)13-6-5-7-14(16)9-13/h5-7,9,11-12H,4,8,10H2,1-3H3. The molecule has 0 amide bonds. The summed E-state index contributed by atoms with van der Waals surface area (Å²) >= 11 is 5.84. The van der Waals surface area contributed by atoms with E-state index in [0.29, 0.717) is 29.7 Å². The third-order valence-corrected chi connectivity index (χ3v) is 2.94. The molecule has 106 valence electrons. The molecule has 3 nitrogen and oxygen atoms in total. The molecule has 0 bridgehead atoms. The lowest BCUT2D eigenvalue weighted by Gasteiger charge is -2.17. The Bertz CT molecular complexity index is 406. The van der Waals surface area contributed by atoms with E-state index in [0.717, 1.165) is 6.42 Å². The van der Waals surface area contributed by atoms with Gasteiger partial charge in [0.05, 0.1) is 11.7 Å². The first-order valence-electron chi connectivity index (χ1n) is 6.57. The van der Waals surface area contributed by atoms with E-state index in [4.69, 9.17) is 21.1 Å². The molecular weight excluding hydrogens is 264 g/mol. The molecule has 0 saturated carbocycles. The summed E-state index contributed by atoms with van der Waals surface area (Å²) in [5.74, 6) is 0.0284. The molecule has 0 heterocycles. The number of halogens is 1. The van der Waals surface area contributed by atoms with Crippen molar-refractivity contribution in [3.05, 3.63) is 34.9 Å². The topological polar surface area (TPSA) is 35.5 Å². The first-order chi connectivity index (χ1) is 9.02. The Morgan fingerprint density at radius 1 is 1.37 bits per heavy atom. The van der Waals surface area contributed by atoms with Gasteiger partial charge in [-0.05, 0) is 44.4 Å². The number of benzene rings is 1. The van der Waals surface area contributed by atoms with Crippen molar-refractivity contribution in [1.82, 2.24) is 0 Å². The smallest absolute Gasteiger partial charge is 0.338 e. The van der Waals surface area contributed by atoms with Crippen LogP contribution in [0.25, 0.3) is 0 Å². The van der Waals surface area contributed by atoms with Crippen molar-refractivity contribution in [3.8, 4) is 0 Å². The van der Waals surface area contributed by atoms with Gasteiger partial charge in [0.2, 0.25) is 0 Å². The minimum absolute atomic E-state index is 0.137. The van der Waals surface area contributed by atoms with Crippen LogP contribution in [0.1, 0.15) is 37.6 Å². The first kappa shape index (κ1) is 16.0. The molecule has 0 spiro atoms. The van der Waals surface area contributed by atoms with Gasteiger partial charge in [0.15, 0.2) is 0 Å². The van der Waals surface area contributed by atoms with Gasteiger partial charge in [-0.3, -0.25) is 0 Å². The average molecular weight is 285 g/mol. The van der Waals surface area contributed by atoms with E-state index < -0.39 is 0 Å². The summed E-state index contributed by atoms with van der Waals surface area (Å²) in [6.07, 6.45) is 0.647. The van der Waals surface area contributed by atoms with E-state index in [9.17, 15) is 4.79 Å². The Morgan fingerprint density at radius 3 is 2.74 bits per heavy atom. The van der Waals surface area contributed by atoms with Crippen LogP contribution in [-0.2, 0) is 9.47 Å². The van der Waals surface area contributed by atoms with Crippen LogP contribution in [0.15, 0.2) is 24.3 Å². The lowest BCUT2D eigenvalue weighted by Crippen LogP contribution is -2.19. The number of carbonyl (C=O) groups is 1. The average Bonchev–Trinajstić information content (AvgIpc) is 2.36. The Balaban J connectivity index is 2.43. The molecule has 4 heteroatoms. The summed E-state index contributed by atoms with van der Waals surface area (Å²) in [4.78, 5) is 11.9. The van der Waals surface area contributed by atoms with E-state index in [1.54, 1.807) is 24.3 Å². The van der Waals surface area contributed by atoms with E-state index >= 15 is 0 Å². The van der Waals surface area contributed by atoms with Gasteiger partial charge in [-0.1, -0.05) is 24.6 Å². The summed E-state index contributed by atoms with van der Waals surface area (Å²) in [5.41, 5.74) is 0.483. The van der Waals surface area contributed by atoms with E-state index in [-0.39, 0.29) is 12.1 Å². The van der Waals surface area contributed by atoms with Gasteiger partial charge < -0.3 is 9.47 Å². The molecule has 19 heavy (non-hydrogen) atoms. The van der Waals surface area contributed by atoms with Crippen LogP contribution in [0.5, 0.6) is 0 Å². The zero-order valence-corrected chi connectivity index (χ0v) is 12.4. The van der Waals surface area contributed by atoms with Gasteiger partial charge >= 0.3 is 5.97 Å². The number of carbonyl (C=O) groups excluding carboxylic acids is 1. The Labute approximate surface area is 119 Å². The normalized spacial score (nSPS) is 13.9. The van der Waals surface area contributed by atoms with Crippen LogP contribution in [0, 0.1) is 5.92 Å². The number of hydrogen-bond acceptors (Lipinski definition) is 3. The highest BCUT2D eigenvalue weighted by molar-refractivity contribution is 6.30. The van der Waals surface area contributed by atoms with Crippen LogP contribution in [-0.4, -0.2) is 25.3 Å². The molecule has 0 aliphatic heterocycles. The zero-order valence-electron chi connectivity index (χ0n) is 11.7. The summed E-state index contributed by atoms with van der Waals surface area (Å²) in [5, 5.41) is 0.534. The molecule has 0 N–H and O–H groups in total. The van der Waals surface area contributed by atoms with Crippen molar-refractivity contribution < 1.29 is 14.3 Å². The molecule has 0 aliphatic rings. The largest absolute Gasteiger partial charge is 0.459 e. The predicted molar refractivity (Wildman–Crippen MR) is 76.6 cm³/mol. The maximum absolute atomic E-state index is 11.9. The molecule has 2 atom stereocenters. The maximum atomic E-state index is 11.9. The predicted octanol–water partition coefficient (Wildman–Crippen LogP) is 3.95. The van der Waals surface area contributed by atoms with Crippen molar-refractivity contribution in [2.45, 2.75) is 33.3 Å². The van der Waals surface area contributed by atoms with E-state index in [1.807, 2.05) is 13.8 Å². The molecule has 1 aromatic carbocycles. The van der Waals surface area contributed by atoms with E-state index in [1.165, 1.54) is 0 Å². The fourth-order valence-electron chi connectivity index (χ4n) is 1.87. The van der Waals surface area contributed by atoms with Crippen molar-refractivity contribution in [2.75, 3.05) is 13.2 Å². The van der Waals surface area contributed by atoms with Crippen molar-refractivity contribution in [3.63, 3.8) is 0 Å². The molecule has 0 aliphatic carbocycles. The lowest BCUT2D eigenvalue weighted by molar-refractivity contribution is 0.0237. The quantitative estimate of drug-likeness (QED) is 0.711. The van der Waals surface area contributed by atoms with Crippen molar-refractivity contribution >= 4 is 17.6 Å². The third kappa shape index (κ3) is 6.08. The SMILES string of the molecule is CCOCC(C)CC(C)OC(=O)c1cccc(Cl)c1. The monoisotopic (exact) mass is 284 g/mol. The van der Waals surface area contributed by atoms with Gasteiger partial charge in [0.1, 0.15) is 0 Å². The maximum Gasteiger partial charge on any atom is 0.338 e. The Hall–Kier alpha value is -1.06. The van der Waals surface area contributed by atoms with Crippen LogP contribution in [0.4, 0.5) is 0 Å². The number of esters is 1. The molecular formula is C15H21ClO3. The zero-order chi connectivity index (χ0) is 14.3. The molecule has 0 fully saturated rings. The van der Waals surface area contributed by atoms with Gasteiger partial charge in [-0.25, -0.2) is 4.79 Å². The highest BCUT2D eigenvalue weighted by Crippen LogP contribution is 2.15. The highest BCUT2D eigenvalue weighted by Gasteiger charge is 2.15. The fraction of sp³-hybridized carbons (Fsp3) is 0.533. The summed E-state index contributed by atoms with van der Waals surface area (Å²) < 4.78 is 10.7. The van der Waals surface area contributed by atoms with E-state index in [2.05, 4.69) is 6.92 Å². The molecule has 0 aromatic heterocycles. The summed E-state index contributed by atoms with van der Waals surface area (Å²) in [6.45, 7) is 7.34. The number of hydrogen-bond donors (Lipinski definition) is 0. The van der Waals surface area contributed by atoms with Gasteiger partial charge in [-0.2, -0.15) is 0 Å². The second kappa shape index (κ2) is 8.18. The van der Waals surface area contributed by atoms with Gasteiger partial charge in [0.25, 0.3) is 0 Å². The molecule has 1 aromatic rings. The minimum Gasteiger partial charge on any atom is -0.459 e. The third-order valence-electron chi connectivity index (χ3n) is 2.71. The molecule has 0 saturated heterocycles. The first-order valence-corrected chi connectivity index (χ1v) is 6.95. The van der Waals surface area contributed by atoms with Gasteiger partial charge in [-0.15, -0.1) is 0 Å².